The van der Waals surface area contributed by atoms with E-state index in [1.54, 1.807) is 0 Å². The topological polar surface area (TPSA) is 35.2 Å². The maximum atomic E-state index is 5.74. The summed E-state index contributed by atoms with van der Waals surface area (Å²) >= 11 is 0. The number of hydrogen-bond donors (Lipinski definition) is 1. The molecule has 0 aromatic rings. The third kappa shape index (κ3) is 1.20. The summed E-state index contributed by atoms with van der Waals surface area (Å²) < 4.78 is 5.24. The lowest BCUT2D eigenvalue weighted by Gasteiger charge is -2.12. The Morgan fingerprint density at radius 2 is 2.38 bits per heavy atom. The van der Waals surface area contributed by atoms with Gasteiger partial charge in [0.2, 0.25) is 0 Å². The van der Waals surface area contributed by atoms with Gasteiger partial charge in [0, 0.05) is 5.54 Å². The first kappa shape index (κ1) is 6.05. The Kier molecular flexibility index (Phi) is 1.29. The lowest BCUT2D eigenvalue weighted by Crippen LogP contribution is -2.36. The molecule has 0 unspecified atom stereocenters. The van der Waals surface area contributed by atoms with Crippen molar-refractivity contribution in [1.29, 1.82) is 0 Å². The van der Waals surface area contributed by atoms with Crippen LogP contribution >= 0.6 is 0 Å². The first-order valence-electron chi connectivity index (χ1n) is 3.01. The molecule has 1 aliphatic heterocycles. The van der Waals surface area contributed by atoms with E-state index >= 15 is 0 Å². The molecular formula is C6H13NO. The summed E-state index contributed by atoms with van der Waals surface area (Å²) in [5, 5.41) is 0. The Morgan fingerprint density at radius 3 is 2.50 bits per heavy atom. The van der Waals surface area contributed by atoms with Crippen molar-refractivity contribution in [1.82, 2.24) is 0 Å². The highest BCUT2D eigenvalue weighted by Gasteiger charge is 2.29. The highest BCUT2D eigenvalue weighted by molar-refractivity contribution is 4.86. The maximum Gasteiger partial charge on any atom is 0.0648 e. The first-order valence-corrected chi connectivity index (χ1v) is 3.01. The smallest absolute Gasteiger partial charge is 0.0648 e. The second-order valence-electron chi connectivity index (χ2n) is 2.98. The van der Waals surface area contributed by atoms with Gasteiger partial charge >= 0.3 is 0 Å². The largest absolute Gasteiger partial charge is 0.377 e. The van der Waals surface area contributed by atoms with E-state index in [2.05, 4.69) is 6.92 Å². The van der Waals surface area contributed by atoms with Crippen LogP contribution in [-0.2, 0) is 4.74 Å². The highest BCUT2D eigenvalue weighted by atomic mass is 16.5. The lowest BCUT2D eigenvalue weighted by molar-refractivity contribution is 0.118. The molecule has 2 nitrogen and oxygen atoms in total. The summed E-state index contributed by atoms with van der Waals surface area (Å²) in [6.07, 6.45) is 1.36. The van der Waals surface area contributed by atoms with Crippen LogP contribution in [0.1, 0.15) is 20.3 Å². The second kappa shape index (κ2) is 1.71. The van der Waals surface area contributed by atoms with Gasteiger partial charge in [0.1, 0.15) is 0 Å². The van der Waals surface area contributed by atoms with Crippen molar-refractivity contribution in [3.05, 3.63) is 0 Å². The van der Waals surface area contributed by atoms with Gasteiger partial charge in [0.25, 0.3) is 0 Å². The predicted molar refractivity (Wildman–Crippen MR) is 32.6 cm³/mol. The van der Waals surface area contributed by atoms with Gasteiger partial charge in [0.15, 0.2) is 0 Å². The molecule has 2 heteroatoms. The van der Waals surface area contributed by atoms with Crippen LogP contribution in [0.3, 0.4) is 0 Å². The molecule has 0 radical (unpaired) electrons. The number of rotatable bonds is 0. The number of hydrogen-bond acceptors (Lipinski definition) is 2. The van der Waals surface area contributed by atoms with E-state index in [-0.39, 0.29) is 5.54 Å². The Balaban J connectivity index is 2.44. The monoisotopic (exact) mass is 115 g/mol. The van der Waals surface area contributed by atoms with E-state index in [4.69, 9.17) is 10.5 Å². The zero-order chi connectivity index (χ0) is 6.20. The van der Waals surface area contributed by atoms with Gasteiger partial charge in [-0.2, -0.15) is 0 Å². The van der Waals surface area contributed by atoms with E-state index in [9.17, 15) is 0 Å². The van der Waals surface area contributed by atoms with E-state index in [1.807, 2.05) is 6.92 Å². The average molecular weight is 115 g/mol. The first-order chi connectivity index (χ1) is 3.60. The highest BCUT2D eigenvalue weighted by Crippen LogP contribution is 2.19. The Bertz CT molecular complexity index is 90.5. The minimum atomic E-state index is -0.0561. The zero-order valence-electron chi connectivity index (χ0n) is 5.48. The Labute approximate surface area is 50.0 Å². The summed E-state index contributed by atoms with van der Waals surface area (Å²) in [7, 11) is 0. The van der Waals surface area contributed by atoms with Crippen LogP contribution in [-0.4, -0.2) is 18.2 Å². The summed E-state index contributed by atoms with van der Waals surface area (Å²) in [5.74, 6) is 0. The Hall–Kier alpha value is -0.0800. The van der Waals surface area contributed by atoms with E-state index < -0.39 is 0 Å². The summed E-state index contributed by atoms with van der Waals surface area (Å²) in [6.45, 7) is 4.79. The summed E-state index contributed by atoms with van der Waals surface area (Å²) in [4.78, 5) is 0. The standard InChI is InChI=1S/C6H13NO/c1-5-3-6(2,7)4-8-5/h5H,3-4,7H2,1-2H3/t5-,6-/m1/s1. The molecule has 0 aliphatic carbocycles. The van der Waals surface area contributed by atoms with Crippen molar-refractivity contribution in [2.75, 3.05) is 6.61 Å². The van der Waals surface area contributed by atoms with Crippen LogP contribution < -0.4 is 5.73 Å². The summed E-state index contributed by atoms with van der Waals surface area (Å²) in [6, 6.07) is 0. The van der Waals surface area contributed by atoms with Crippen LogP contribution in [0.2, 0.25) is 0 Å². The van der Waals surface area contributed by atoms with E-state index in [0.29, 0.717) is 12.7 Å². The maximum absolute atomic E-state index is 5.74. The van der Waals surface area contributed by atoms with Gasteiger partial charge in [0.05, 0.1) is 12.7 Å². The molecule has 48 valence electrons. The number of nitrogens with two attached hydrogens (primary N) is 1. The molecule has 0 aromatic carbocycles. The van der Waals surface area contributed by atoms with Gasteiger partial charge in [-0.15, -0.1) is 0 Å². The Morgan fingerprint density at radius 1 is 1.75 bits per heavy atom. The molecule has 0 saturated carbocycles. The minimum absolute atomic E-state index is 0.0561. The van der Waals surface area contributed by atoms with Gasteiger partial charge in [-0.1, -0.05) is 0 Å². The fourth-order valence-electron chi connectivity index (χ4n) is 1.11. The van der Waals surface area contributed by atoms with Gasteiger partial charge < -0.3 is 10.5 Å². The SMILES string of the molecule is C[C@@H]1C[C@@](C)(N)CO1. The third-order valence-corrected chi connectivity index (χ3v) is 1.45. The minimum Gasteiger partial charge on any atom is -0.377 e. The fraction of sp³-hybridized carbons (Fsp3) is 1.00. The van der Waals surface area contributed by atoms with Gasteiger partial charge in [-0.3, -0.25) is 0 Å². The third-order valence-electron chi connectivity index (χ3n) is 1.45. The molecule has 0 spiro atoms. The van der Waals surface area contributed by atoms with Crippen molar-refractivity contribution < 1.29 is 4.74 Å². The average Bonchev–Trinajstić information content (AvgIpc) is 1.82. The van der Waals surface area contributed by atoms with Crippen molar-refractivity contribution in [2.24, 2.45) is 5.73 Å². The predicted octanol–water partition coefficient (Wildman–Crippen LogP) is 0.513. The van der Waals surface area contributed by atoms with E-state index in [1.165, 1.54) is 0 Å². The molecular weight excluding hydrogens is 102 g/mol. The molecule has 0 aromatic heterocycles. The number of ether oxygens (including phenoxy) is 1. The molecule has 2 atom stereocenters. The van der Waals surface area contributed by atoms with Gasteiger partial charge in [-0.25, -0.2) is 0 Å². The molecule has 0 amide bonds. The molecule has 1 aliphatic rings. The van der Waals surface area contributed by atoms with Crippen molar-refractivity contribution in [2.45, 2.75) is 31.9 Å². The zero-order valence-corrected chi connectivity index (χ0v) is 5.48. The van der Waals surface area contributed by atoms with Crippen LogP contribution in [0.5, 0.6) is 0 Å². The molecule has 1 fully saturated rings. The molecule has 1 saturated heterocycles. The molecule has 8 heavy (non-hydrogen) atoms. The molecule has 1 rings (SSSR count). The second-order valence-corrected chi connectivity index (χ2v) is 2.98. The van der Waals surface area contributed by atoms with Crippen molar-refractivity contribution in [3.63, 3.8) is 0 Å². The molecule has 2 N–H and O–H groups in total. The van der Waals surface area contributed by atoms with Crippen molar-refractivity contribution >= 4 is 0 Å². The fourth-order valence-corrected chi connectivity index (χ4v) is 1.11. The van der Waals surface area contributed by atoms with Crippen LogP contribution in [0.15, 0.2) is 0 Å². The molecule has 0 bridgehead atoms. The quantitative estimate of drug-likeness (QED) is 0.499. The summed E-state index contributed by atoms with van der Waals surface area (Å²) in [5.41, 5.74) is 5.69. The molecule has 1 heterocycles. The van der Waals surface area contributed by atoms with Crippen LogP contribution in [0.25, 0.3) is 0 Å². The van der Waals surface area contributed by atoms with E-state index in [0.717, 1.165) is 6.42 Å². The van der Waals surface area contributed by atoms with Gasteiger partial charge in [-0.05, 0) is 20.3 Å². The normalized spacial score (nSPS) is 47.6. The van der Waals surface area contributed by atoms with Crippen molar-refractivity contribution in [3.8, 4) is 0 Å². The van der Waals surface area contributed by atoms with Crippen LogP contribution in [0, 0.1) is 0 Å². The lowest BCUT2D eigenvalue weighted by atomic mass is 10.0. The van der Waals surface area contributed by atoms with Crippen LogP contribution in [0.4, 0.5) is 0 Å².